The number of carbonyl (C=O) groups excluding carboxylic acids is 2. The van der Waals surface area contributed by atoms with Gasteiger partial charge in [-0.3, -0.25) is 19.1 Å². The molecule has 2 aliphatic rings. The third-order valence-electron chi connectivity index (χ3n) is 4.88. The summed E-state index contributed by atoms with van der Waals surface area (Å²) in [4.78, 5) is 27.0. The second-order valence-corrected chi connectivity index (χ2v) is 8.74. The summed E-state index contributed by atoms with van der Waals surface area (Å²) in [5.41, 5.74) is -0.678. The summed E-state index contributed by atoms with van der Waals surface area (Å²) in [7, 11) is -3.48. The van der Waals surface area contributed by atoms with Crippen LogP contribution in [-0.2, 0) is 23.2 Å². The van der Waals surface area contributed by atoms with Gasteiger partial charge in [0.2, 0.25) is 11.8 Å². The number of unbranched alkanes of at least 4 members (excludes halogenated alkanes) is 3. The van der Waals surface area contributed by atoms with Gasteiger partial charge in [0.05, 0.1) is 30.7 Å². The quantitative estimate of drug-likeness (QED) is 0.253. The lowest BCUT2D eigenvalue weighted by Gasteiger charge is -2.31. The lowest BCUT2D eigenvalue weighted by molar-refractivity contribution is -0.139. The van der Waals surface area contributed by atoms with Crippen LogP contribution in [0.1, 0.15) is 52.9 Å². The number of rotatable bonds is 10. The maximum atomic E-state index is 13.2. The lowest BCUT2D eigenvalue weighted by Crippen LogP contribution is -2.35. The molecule has 2 amide bonds. The van der Waals surface area contributed by atoms with E-state index in [1.54, 1.807) is 19.9 Å². The van der Waals surface area contributed by atoms with Crippen LogP contribution in [0, 0.1) is 11.8 Å². The van der Waals surface area contributed by atoms with Crippen LogP contribution in [-0.4, -0.2) is 42.1 Å². The number of imide groups is 1. The molecule has 0 N–H and O–H groups in total. The van der Waals surface area contributed by atoms with Gasteiger partial charge in [0, 0.05) is 6.54 Å². The number of amides is 2. The van der Waals surface area contributed by atoms with Crippen molar-refractivity contribution in [3.05, 3.63) is 12.2 Å². The predicted molar refractivity (Wildman–Crippen MR) is 96.2 cm³/mol. The first-order valence-corrected chi connectivity index (χ1v) is 11.0. The minimum Gasteiger partial charge on any atom is -0.308 e. The molecule has 6 nitrogen and oxygen atoms in total. The number of nitrogens with zero attached hydrogens (tertiary/aromatic N) is 1. The monoisotopic (exact) mass is 371 g/mol. The van der Waals surface area contributed by atoms with Gasteiger partial charge in [-0.1, -0.05) is 38.3 Å². The van der Waals surface area contributed by atoms with Crippen molar-refractivity contribution in [2.45, 2.75) is 58.5 Å². The van der Waals surface area contributed by atoms with E-state index < -0.39 is 25.1 Å². The van der Waals surface area contributed by atoms with E-state index >= 15 is 0 Å². The average Bonchev–Trinajstić information content (AvgIpc) is 2.84. The van der Waals surface area contributed by atoms with Crippen LogP contribution in [0.3, 0.4) is 0 Å². The minimum absolute atomic E-state index is 0.139. The Bertz CT molecular complexity index is 552. The van der Waals surface area contributed by atoms with E-state index in [-0.39, 0.29) is 25.0 Å². The van der Waals surface area contributed by atoms with Crippen LogP contribution in [0.4, 0.5) is 0 Å². The van der Waals surface area contributed by atoms with E-state index in [0.717, 1.165) is 25.7 Å². The zero-order chi connectivity index (χ0) is 18.4. The Morgan fingerprint density at radius 2 is 1.76 bits per heavy atom. The highest BCUT2D eigenvalue weighted by Crippen LogP contribution is 2.59. The van der Waals surface area contributed by atoms with E-state index in [1.807, 2.05) is 6.08 Å². The number of likely N-dealkylation sites (tertiary alicyclic amines) is 1. The number of fused-ring (bicyclic) bond motifs is 1. The van der Waals surface area contributed by atoms with E-state index in [4.69, 9.17) is 9.05 Å². The van der Waals surface area contributed by atoms with Gasteiger partial charge in [-0.25, -0.2) is 0 Å². The topological polar surface area (TPSA) is 72.9 Å². The van der Waals surface area contributed by atoms with Crippen LogP contribution in [0.15, 0.2) is 12.2 Å². The van der Waals surface area contributed by atoms with Crippen molar-refractivity contribution in [2.75, 3.05) is 19.8 Å². The Morgan fingerprint density at radius 1 is 1.08 bits per heavy atom. The van der Waals surface area contributed by atoms with Gasteiger partial charge in [0.25, 0.3) is 0 Å². The molecule has 0 radical (unpaired) electrons. The maximum Gasteiger partial charge on any atom is 0.338 e. The molecular weight excluding hydrogens is 341 g/mol. The second kappa shape index (κ2) is 9.11. The summed E-state index contributed by atoms with van der Waals surface area (Å²) in [6, 6.07) is 0. The largest absolute Gasteiger partial charge is 0.338 e. The molecular formula is C18H30NO5P. The molecule has 0 bridgehead atoms. The fraction of sp³-hybridized carbons (Fsp3) is 0.778. The minimum atomic E-state index is -3.48. The lowest BCUT2D eigenvalue weighted by atomic mass is 9.85. The van der Waals surface area contributed by atoms with Crippen LogP contribution < -0.4 is 0 Å². The molecule has 0 spiro atoms. The van der Waals surface area contributed by atoms with E-state index in [0.29, 0.717) is 13.0 Å². The molecule has 0 aromatic carbocycles. The summed E-state index contributed by atoms with van der Waals surface area (Å²) >= 11 is 0. The Balaban J connectivity index is 2.19. The smallest absolute Gasteiger partial charge is 0.308 e. The molecule has 1 aliphatic carbocycles. The fourth-order valence-electron chi connectivity index (χ4n) is 3.72. The van der Waals surface area contributed by atoms with Crippen molar-refractivity contribution in [1.82, 2.24) is 4.90 Å². The Morgan fingerprint density at radius 3 is 2.36 bits per heavy atom. The summed E-state index contributed by atoms with van der Waals surface area (Å²) in [5, 5.41) is 0. The molecule has 7 heteroatoms. The van der Waals surface area contributed by atoms with E-state index in [1.165, 1.54) is 4.90 Å². The van der Waals surface area contributed by atoms with Crippen molar-refractivity contribution in [1.29, 1.82) is 0 Å². The predicted octanol–water partition coefficient (Wildman–Crippen LogP) is 3.76. The van der Waals surface area contributed by atoms with Gasteiger partial charge in [-0.15, -0.1) is 0 Å². The van der Waals surface area contributed by atoms with Gasteiger partial charge in [-0.05, 0) is 26.7 Å². The maximum absolute atomic E-state index is 13.2. The average molecular weight is 371 g/mol. The zero-order valence-corrected chi connectivity index (χ0v) is 16.4. The molecule has 0 aromatic rings. The first-order chi connectivity index (χ1) is 12.0. The first-order valence-electron chi connectivity index (χ1n) is 9.40. The normalized spacial score (nSPS) is 26.4. The van der Waals surface area contributed by atoms with Gasteiger partial charge < -0.3 is 9.05 Å². The Hall–Kier alpha value is -0.970. The van der Waals surface area contributed by atoms with Crippen molar-refractivity contribution in [3.63, 3.8) is 0 Å². The molecule has 0 aromatic heterocycles. The number of hydrogen-bond acceptors (Lipinski definition) is 5. The van der Waals surface area contributed by atoms with Gasteiger partial charge in [0.15, 0.2) is 0 Å². The van der Waals surface area contributed by atoms with Crippen molar-refractivity contribution in [3.8, 4) is 0 Å². The van der Waals surface area contributed by atoms with Crippen LogP contribution in [0.5, 0.6) is 0 Å². The van der Waals surface area contributed by atoms with Gasteiger partial charge in [-0.2, -0.15) is 0 Å². The van der Waals surface area contributed by atoms with E-state index in [9.17, 15) is 14.2 Å². The molecule has 2 rings (SSSR count). The summed E-state index contributed by atoms with van der Waals surface area (Å²) < 4.78 is 24.1. The molecule has 142 valence electrons. The van der Waals surface area contributed by atoms with Crippen LogP contribution in [0.25, 0.3) is 0 Å². The summed E-state index contributed by atoms with van der Waals surface area (Å²) in [6.07, 6.45) is 8.11. The third kappa shape index (κ3) is 4.24. The Labute approximate surface area is 150 Å². The van der Waals surface area contributed by atoms with Crippen molar-refractivity contribution >= 4 is 19.4 Å². The second-order valence-electron chi connectivity index (χ2n) is 6.55. The highest BCUT2D eigenvalue weighted by Gasteiger charge is 2.56. The fourth-order valence-corrected chi connectivity index (χ4v) is 5.92. The van der Waals surface area contributed by atoms with Crippen molar-refractivity contribution in [2.24, 2.45) is 11.8 Å². The molecule has 25 heavy (non-hydrogen) atoms. The highest BCUT2D eigenvalue weighted by molar-refractivity contribution is 7.55. The zero-order valence-electron chi connectivity index (χ0n) is 15.5. The molecule has 3 atom stereocenters. The standard InChI is InChI=1S/C18H30NO5P/c1-4-7-8-9-13-19-17(20)14-11-10-12-15(16(14)18(19)21)25(22,23-5-2)24-6-3/h10,12,14-16H,4-9,11,13H2,1-3H3/t14-,15+,16-/m0/s1. The SMILES string of the molecule is CCCCCCN1C(=O)[C@H]2[C@H](CC=C[C@H]2P(=O)(OCC)OCC)C1=O. The van der Waals surface area contributed by atoms with E-state index in [2.05, 4.69) is 6.92 Å². The van der Waals surface area contributed by atoms with Crippen LogP contribution >= 0.6 is 7.60 Å². The molecule has 1 heterocycles. The molecule has 1 fully saturated rings. The van der Waals surface area contributed by atoms with Gasteiger partial charge in [0.1, 0.15) is 0 Å². The summed E-state index contributed by atoms with van der Waals surface area (Å²) in [6.45, 7) is 6.54. The van der Waals surface area contributed by atoms with Gasteiger partial charge >= 0.3 is 7.60 Å². The molecule has 1 saturated heterocycles. The Kier molecular flexibility index (Phi) is 7.41. The number of hydrogen-bond donors (Lipinski definition) is 0. The van der Waals surface area contributed by atoms with Crippen molar-refractivity contribution < 1.29 is 23.2 Å². The molecule has 1 aliphatic heterocycles. The first kappa shape index (κ1) is 20.3. The van der Waals surface area contributed by atoms with Crippen LogP contribution in [0.2, 0.25) is 0 Å². The summed E-state index contributed by atoms with van der Waals surface area (Å²) in [5.74, 6) is -1.43. The molecule has 0 saturated carbocycles. The number of allylic oxidation sites excluding steroid dienone is 2. The third-order valence-corrected chi connectivity index (χ3v) is 7.34. The molecule has 0 unspecified atom stereocenters. The highest BCUT2D eigenvalue weighted by atomic mass is 31.2. The number of carbonyl (C=O) groups is 2.